The van der Waals surface area contributed by atoms with Crippen LogP contribution >= 0.6 is 0 Å². The molecule has 0 aliphatic carbocycles. The van der Waals surface area contributed by atoms with Gasteiger partial charge in [0, 0.05) is 0 Å². The Kier molecular flexibility index (Phi) is 16.1. The first-order valence-corrected chi connectivity index (χ1v) is 23.7. The Bertz CT molecular complexity index is 1120. The monoisotopic (exact) mass is 686 g/mol. The van der Waals surface area contributed by atoms with Gasteiger partial charge in [0.2, 0.25) is 0 Å². The van der Waals surface area contributed by atoms with Crippen LogP contribution in [-0.2, 0) is 18.3 Å². The van der Waals surface area contributed by atoms with Crippen LogP contribution in [0.15, 0.2) is 72.9 Å². The van der Waals surface area contributed by atoms with Crippen molar-refractivity contribution in [1.29, 1.82) is 0 Å². The van der Waals surface area contributed by atoms with Gasteiger partial charge >= 0.3 is 0 Å². The summed E-state index contributed by atoms with van der Waals surface area (Å²) in [6.45, 7) is 36.1. The van der Waals surface area contributed by atoms with Crippen molar-refractivity contribution in [2.75, 3.05) is 6.61 Å². The van der Waals surface area contributed by atoms with Crippen molar-refractivity contribution in [2.45, 2.75) is 167 Å². The molecule has 0 aromatic rings. The van der Waals surface area contributed by atoms with Crippen LogP contribution in [0.5, 0.6) is 0 Å². The number of ether oxygens (including phenoxy) is 2. The Labute approximate surface area is 291 Å². The first-order chi connectivity index (χ1) is 21.6. The molecular weight excluding hydrogens is 617 g/mol. The van der Waals surface area contributed by atoms with Crippen molar-refractivity contribution in [1.82, 2.24) is 0 Å². The van der Waals surface area contributed by atoms with E-state index in [4.69, 9.17) is 18.3 Å². The molecule has 0 aromatic carbocycles. The minimum atomic E-state index is -2.15. The molecule has 0 amide bonds. The van der Waals surface area contributed by atoms with E-state index in [-0.39, 0.29) is 40.6 Å². The summed E-state index contributed by atoms with van der Waals surface area (Å²) < 4.78 is 26.4. The third-order valence-electron chi connectivity index (χ3n) is 10.5. The third kappa shape index (κ3) is 14.2. The highest BCUT2D eigenvalue weighted by Crippen LogP contribution is 2.41. The number of aliphatic hydroxyl groups excluding tert-OH is 1. The van der Waals surface area contributed by atoms with Gasteiger partial charge in [-0.25, -0.2) is 0 Å². The standard InChI is InChI=1S/C40H70O5Si2/c1-15-34-19-17-20-36(43-34)29-32(4)26-31(3)27-33(41)18-16-21-37(44-46(11,12)39(5,6)7)38(45-47(13,14)40(8,9)10)23-22-35-28-30(2)24-25-42-35/h15-19,22-24,32-38,41H,1,3,20-21,25-29H2,2,4-14H3/b18-16+,23-22?/t32-,33+,34-,35+,36-,37-,38-/m0/s1. The van der Waals surface area contributed by atoms with Gasteiger partial charge in [-0.3, -0.25) is 0 Å². The molecule has 268 valence electrons. The summed E-state index contributed by atoms with van der Waals surface area (Å²) in [4.78, 5) is 0. The average Bonchev–Trinajstić information content (AvgIpc) is 2.93. The van der Waals surface area contributed by atoms with E-state index in [1.54, 1.807) is 0 Å². The summed E-state index contributed by atoms with van der Waals surface area (Å²) in [5, 5.41) is 11.1. The predicted octanol–water partition coefficient (Wildman–Crippen LogP) is 10.6. The zero-order valence-corrected chi connectivity index (χ0v) is 34.1. The van der Waals surface area contributed by atoms with Crippen molar-refractivity contribution in [3.05, 3.63) is 72.9 Å². The van der Waals surface area contributed by atoms with E-state index in [2.05, 4.69) is 131 Å². The lowest BCUT2D eigenvalue weighted by molar-refractivity contribution is 0.0160. The highest BCUT2D eigenvalue weighted by Gasteiger charge is 2.44. The summed E-state index contributed by atoms with van der Waals surface area (Å²) in [5.41, 5.74) is 2.42. The minimum Gasteiger partial charge on any atom is -0.411 e. The van der Waals surface area contributed by atoms with Crippen molar-refractivity contribution in [3.63, 3.8) is 0 Å². The summed E-state index contributed by atoms with van der Waals surface area (Å²) >= 11 is 0. The summed E-state index contributed by atoms with van der Waals surface area (Å²) in [6, 6.07) is 0. The molecular formula is C40H70O5Si2. The molecule has 2 rings (SSSR count). The van der Waals surface area contributed by atoms with E-state index in [1.165, 1.54) is 5.57 Å². The smallest absolute Gasteiger partial charge is 0.193 e. The van der Waals surface area contributed by atoms with Crippen molar-refractivity contribution in [3.8, 4) is 0 Å². The topological polar surface area (TPSA) is 57.2 Å². The van der Waals surface area contributed by atoms with Crippen LogP contribution in [0.1, 0.15) is 93.9 Å². The van der Waals surface area contributed by atoms with E-state index in [0.29, 0.717) is 25.4 Å². The highest BCUT2D eigenvalue weighted by molar-refractivity contribution is 6.74. The van der Waals surface area contributed by atoms with Crippen molar-refractivity contribution < 1.29 is 23.4 Å². The van der Waals surface area contributed by atoms with Crippen molar-refractivity contribution in [2.24, 2.45) is 5.92 Å². The third-order valence-corrected chi connectivity index (χ3v) is 19.4. The molecule has 2 heterocycles. The van der Waals surface area contributed by atoms with Gasteiger partial charge in [0.15, 0.2) is 16.6 Å². The maximum atomic E-state index is 11.0. The van der Waals surface area contributed by atoms with Gasteiger partial charge in [-0.1, -0.05) is 115 Å². The average molecular weight is 687 g/mol. The molecule has 7 heteroatoms. The lowest BCUT2D eigenvalue weighted by atomic mass is 9.91. The zero-order chi connectivity index (χ0) is 35.6. The number of aliphatic hydroxyl groups is 1. The zero-order valence-electron chi connectivity index (χ0n) is 32.1. The first kappa shape index (κ1) is 41.8. The highest BCUT2D eigenvalue weighted by atomic mass is 28.4. The number of hydrogen-bond donors (Lipinski definition) is 1. The second-order valence-electron chi connectivity index (χ2n) is 17.1. The van der Waals surface area contributed by atoms with Crippen LogP contribution in [0.3, 0.4) is 0 Å². The van der Waals surface area contributed by atoms with Gasteiger partial charge in [-0.05, 0) is 87.6 Å². The van der Waals surface area contributed by atoms with Gasteiger partial charge in [0.25, 0.3) is 0 Å². The molecule has 2 aliphatic rings. The van der Waals surface area contributed by atoms with E-state index in [1.807, 2.05) is 12.2 Å². The summed E-state index contributed by atoms with van der Waals surface area (Å²) in [6.07, 6.45) is 20.8. The largest absolute Gasteiger partial charge is 0.411 e. The minimum absolute atomic E-state index is 0.00451. The molecule has 0 radical (unpaired) electrons. The maximum absolute atomic E-state index is 11.0. The predicted molar refractivity (Wildman–Crippen MR) is 206 cm³/mol. The van der Waals surface area contributed by atoms with Gasteiger partial charge in [-0.2, -0.15) is 0 Å². The Morgan fingerprint density at radius 1 is 1.04 bits per heavy atom. The SMILES string of the molecule is C=C[C@H]1C=CC[C@@H](C[C@@H](C)CC(=C)C[C@H](O)/C=C/C[C@H](O[Si](C)(C)C(C)(C)C)[C@H](C=C[C@@H]2CC(C)=CCO2)O[Si](C)(C)C(C)(C)C)O1. The molecule has 1 N–H and O–H groups in total. The first-order valence-electron chi connectivity index (χ1n) is 17.9. The Hall–Kier alpha value is -1.33. The second-order valence-corrected chi connectivity index (χ2v) is 26.6. The molecule has 0 fully saturated rings. The van der Waals surface area contributed by atoms with Crippen molar-refractivity contribution >= 4 is 16.6 Å². The van der Waals surface area contributed by atoms with Crippen LogP contribution in [0.4, 0.5) is 0 Å². The van der Waals surface area contributed by atoms with Gasteiger partial charge in [0.05, 0.1) is 43.2 Å². The maximum Gasteiger partial charge on any atom is 0.193 e. The van der Waals surface area contributed by atoms with Crippen LogP contribution in [0.25, 0.3) is 0 Å². The lowest BCUT2D eigenvalue weighted by Gasteiger charge is -2.44. The Morgan fingerprint density at radius 3 is 2.28 bits per heavy atom. The lowest BCUT2D eigenvalue weighted by Crippen LogP contribution is -2.51. The van der Waals surface area contributed by atoms with Gasteiger partial charge < -0.3 is 23.4 Å². The van der Waals surface area contributed by atoms with Crippen LogP contribution in [0.2, 0.25) is 36.3 Å². The summed E-state index contributed by atoms with van der Waals surface area (Å²) in [7, 11) is -4.29. The molecule has 7 atom stereocenters. The second kappa shape index (κ2) is 18.1. The van der Waals surface area contributed by atoms with E-state index >= 15 is 0 Å². The van der Waals surface area contributed by atoms with Gasteiger partial charge in [-0.15, -0.1) is 6.58 Å². The quantitative estimate of drug-likeness (QED) is 0.122. The Morgan fingerprint density at radius 2 is 1.68 bits per heavy atom. The van der Waals surface area contributed by atoms with E-state index in [9.17, 15) is 5.11 Å². The normalized spacial score (nSPS) is 24.3. The molecule has 2 aliphatic heterocycles. The molecule has 5 nitrogen and oxygen atoms in total. The fourth-order valence-corrected chi connectivity index (χ4v) is 8.11. The number of rotatable bonds is 17. The molecule has 0 spiro atoms. The molecule has 47 heavy (non-hydrogen) atoms. The molecule has 0 unspecified atom stereocenters. The number of hydrogen-bond acceptors (Lipinski definition) is 5. The fourth-order valence-electron chi connectivity index (χ4n) is 5.51. The molecule has 0 saturated heterocycles. The molecule has 0 bridgehead atoms. The molecule has 0 aromatic heterocycles. The van der Waals surface area contributed by atoms with Gasteiger partial charge in [0.1, 0.15) is 0 Å². The van der Waals surface area contributed by atoms with E-state index < -0.39 is 22.7 Å². The van der Waals surface area contributed by atoms with Crippen LogP contribution in [-0.4, -0.2) is 65.0 Å². The summed E-state index contributed by atoms with van der Waals surface area (Å²) in [5.74, 6) is 0.426. The van der Waals surface area contributed by atoms with Crippen LogP contribution in [0, 0.1) is 5.92 Å². The van der Waals surface area contributed by atoms with E-state index in [0.717, 1.165) is 31.3 Å². The Balaban J connectivity index is 2.19. The molecule has 0 saturated carbocycles. The van der Waals surface area contributed by atoms with Crippen LogP contribution < -0.4 is 0 Å². The fraction of sp³-hybridized carbons (Fsp3) is 0.700.